The van der Waals surface area contributed by atoms with Crippen molar-refractivity contribution in [1.82, 2.24) is 0 Å². The van der Waals surface area contributed by atoms with Crippen LogP contribution in [0.15, 0.2) is 41.3 Å². The molecule has 6 heteroatoms. The third kappa shape index (κ3) is 4.77. The monoisotopic (exact) mass is 388 g/mol. The van der Waals surface area contributed by atoms with Gasteiger partial charge in [-0.3, -0.25) is 4.79 Å². The van der Waals surface area contributed by atoms with Crippen LogP contribution in [0.4, 0.5) is 0 Å². The minimum atomic E-state index is -0.117. The second kappa shape index (κ2) is 9.92. The molecule has 0 saturated heterocycles. The number of carbonyl (C=O) groups excluding carboxylic acids is 1. The van der Waals surface area contributed by atoms with E-state index in [9.17, 15) is 4.79 Å². The van der Waals surface area contributed by atoms with E-state index < -0.39 is 0 Å². The number of ether oxygens (including phenoxy) is 4. The van der Waals surface area contributed by atoms with Crippen molar-refractivity contribution in [1.29, 1.82) is 0 Å². The Hall–Kier alpha value is -2.60. The lowest BCUT2D eigenvalue weighted by molar-refractivity contribution is 0.104. The smallest absolute Gasteiger partial charge is 0.185 e. The van der Waals surface area contributed by atoms with Crippen molar-refractivity contribution in [3.8, 4) is 23.0 Å². The summed E-state index contributed by atoms with van der Waals surface area (Å²) in [5.74, 6) is 2.79. The standard InChI is InChI=1S/C21H24O5S/c1-6-27-15-9-7-14(8-10-15)17(22)12-11-16-20(25-4)18(23-2)13-19(24-3)21(16)26-5/h7-13H,6H2,1-5H3. The lowest BCUT2D eigenvalue weighted by Crippen LogP contribution is -2.00. The van der Waals surface area contributed by atoms with Crippen LogP contribution in [-0.4, -0.2) is 40.0 Å². The second-order valence-corrected chi connectivity index (χ2v) is 6.75. The molecule has 0 radical (unpaired) electrons. The molecule has 0 fully saturated rings. The molecule has 0 unspecified atom stereocenters. The molecule has 27 heavy (non-hydrogen) atoms. The van der Waals surface area contributed by atoms with E-state index in [-0.39, 0.29) is 5.78 Å². The average Bonchev–Trinajstić information content (AvgIpc) is 2.71. The van der Waals surface area contributed by atoms with Crippen molar-refractivity contribution in [2.75, 3.05) is 34.2 Å². The van der Waals surface area contributed by atoms with Crippen molar-refractivity contribution < 1.29 is 23.7 Å². The van der Waals surface area contributed by atoms with E-state index in [0.29, 0.717) is 34.1 Å². The van der Waals surface area contributed by atoms with Crippen LogP contribution in [0.1, 0.15) is 22.8 Å². The molecule has 0 atom stereocenters. The van der Waals surface area contributed by atoms with Crippen molar-refractivity contribution >= 4 is 23.6 Å². The van der Waals surface area contributed by atoms with Crippen LogP contribution in [-0.2, 0) is 0 Å². The summed E-state index contributed by atoms with van der Waals surface area (Å²) < 4.78 is 21.7. The number of methoxy groups -OCH3 is 4. The summed E-state index contributed by atoms with van der Waals surface area (Å²) in [6.07, 6.45) is 3.14. The summed E-state index contributed by atoms with van der Waals surface area (Å²) in [7, 11) is 6.15. The van der Waals surface area contributed by atoms with Crippen molar-refractivity contribution in [3.63, 3.8) is 0 Å². The van der Waals surface area contributed by atoms with Gasteiger partial charge in [0.05, 0.1) is 34.0 Å². The molecule has 2 rings (SSSR count). The summed E-state index contributed by atoms with van der Waals surface area (Å²) in [6, 6.07) is 9.23. The van der Waals surface area contributed by atoms with Crippen LogP contribution in [0.3, 0.4) is 0 Å². The number of rotatable bonds is 9. The predicted octanol–water partition coefficient (Wildman–Crippen LogP) is 4.73. The van der Waals surface area contributed by atoms with Gasteiger partial charge in [-0.05, 0) is 42.2 Å². The number of benzene rings is 2. The highest BCUT2D eigenvalue weighted by Gasteiger charge is 2.19. The van der Waals surface area contributed by atoms with Gasteiger partial charge >= 0.3 is 0 Å². The first-order chi connectivity index (χ1) is 13.1. The summed E-state index contributed by atoms with van der Waals surface area (Å²) in [5.41, 5.74) is 1.18. The van der Waals surface area contributed by atoms with Gasteiger partial charge in [0.15, 0.2) is 28.8 Å². The Morgan fingerprint density at radius 3 is 1.93 bits per heavy atom. The van der Waals surface area contributed by atoms with Crippen molar-refractivity contribution in [2.24, 2.45) is 0 Å². The lowest BCUT2D eigenvalue weighted by atomic mass is 10.1. The fraction of sp³-hybridized carbons (Fsp3) is 0.286. The number of hydrogen-bond donors (Lipinski definition) is 0. The third-order valence-corrected chi connectivity index (χ3v) is 4.79. The molecule has 2 aromatic rings. The zero-order valence-corrected chi connectivity index (χ0v) is 17.0. The van der Waals surface area contributed by atoms with E-state index in [1.807, 2.05) is 24.3 Å². The maximum Gasteiger partial charge on any atom is 0.185 e. The maximum absolute atomic E-state index is 12.6. The van der Waals surface area contributed by atoms with Crippen LogP contribution >= 0.6 is 11.8 Å². The van der Waals surface area contributed by atoms with E-state index >= 15 is 0 Å². The first kappa shape index (κ1) is 20.7. The van der Waals surface area contributed by atoms with Gasteiger partial charge < -0.3 is 18.9 Å². The van der Waals surface area contributed by atoms with E-state index in [0.717, 1.165) is 10.6 Å². The minimum absolute atomic E-state index is 0.117. The van der Waals surface area contributed by atoms with E-state index in [4.69, 9.17) is 18.9 Å². The summed E-state index contributed by atoms with van der Waals surface area (Å²) in [4.78, 5) is 13.7. The quantitative estimate of drug-likeness (QED) is 0.352. The van der Waals surface area contributed by atoms with Gasteiger partial charge in [0.25, 0.3) is 0 Å². The Morgan fingerprint density at radius 1 is 0.926 bits per heavy atom. The van der Waals surface area contributed by atoms with Crippen LogP contribution in [0.25, 0.3) is 6.08 Å². The fourth-order valence-electron chi connectivity index (χ4n) is 2.63. The third-order valence-electron chi connectivity index (χ3n) is 3.90. The molecule has 0 saturated carbocycles. The summed E-state index contributed by atoms with van der Waals surface area (Å²) in [6.45, 7) is 2.09. The average molecular weight is 388 g/mol. The fourth-order valence-corrected chi connectivity index (χ4v) is 3.29. The molecule has 0 spiro atoms. The highest BCUT2D eigenvalue weighted by atomic mass is 32.2. The molecule has 0 N–H and O–H groups in total. The molecule has 0 heterocycles. The van der Waals surface area contributed by atoms with Crippen molar-refractivity contribution in [2.45, 2.75) is 11.8 Å². The van der Waals surface area contributed by atoms with Crippen LogP contribution in [0.5, 0.6) is 23.0 Å². The zero-order chi connectivity index (χ0) is 19.8. The normalized spacial score (nSPS) is 10.7. The number of hydrogen-bond acceptors (Lipinski definition) is 6. The summed E-state index contributed by atoms with van der Waals surface area (Å²) in [5, 5.41) is 0. The van der Waals surface area contributed by atoms with E-state index in [1.165, 1.54) is 34.5 Å². The number of allylic oxidation sites excluding steroid dienone is 1. The first-order valence-corrected chi connectivity index (χ1v) is 9.40. The molecule has 2 aromatic carbocycles. The van der Waals surface area contributed by atoms with Gasteiger partial charge in [-0.1, -0.05) is 6.92 Å². The number of carbonyl (C=O) groups is 1. The topological polar surface area (TPSA) is 54.0 Å². The minimum Gasteiger partial charge on any atom is -0.493 e. The molecule has 0 amide bonds. The van der Waals surface area contributed by atoms with E-state index in [2.05, 4.69) is 6.92 Å². The molecule has 5 nitrogen and oxygen atoms in total. The first-order valence-electron chi connectivity index (χ1n) is 8.41. The molecule has 0 aliphatic heterocycles. The molecule has 0 aliphatic rings. The van der Waals surface area contributed by atoms with Gasteiger partial charge in [-0.2, -0.15) is 0 Å². The SMILES string of the molecule is CCSc1ccc(C(=O)C=Cc2c(OC)c(OC)cc(OC)c2OC)cc1. The van der Waals surface area contributed by atoms with Crippen LogP contribution in [0, 0.1) is 0 Å². The van der Waals surface area contributed by atoms with Gasteiger partial charge in [0, 0.05) is 16.5 Å². The lowest BCUT2D eigenvalue weighted by Gasteiger charge is -2.17. The summed E-state index contributed by atoms with van der Waals surface area (Å²) >= 11 is 1.73. The second-order valence-electron chi connectivity index (χ2n) is 5.42. The van der Waals surface area contributed by atoms with Gasteiger partial charge in [-0.25, -0.2) is 0 Å². The van der Waals surface area contributed by atoms with Crippen LogP contribution in [0.2, 0.25) is 0 Å². The maximum atomic E-state index is 12.6. The Bertz CT molecular complexity index is 782. The Balaban J connectivity index is 2.40. The molecule has 144 valence electrons. The molecule has 0 aliphatic carbocycles. The Kier molecular flexibility index (Phi) is 7.61. The Morgan fingerprint density at radius 2 is 1.48 bits per heavy atom. The Labute approximate surface area is 164 Å². The van der Waals surface area contributed by atoms with Gasteiger partial charge in [0.1, 0.15) is 0 Å². The zero-order valence-electron chi connectivity index (χ0n) is 16.2. The van der Waals surface area contributed by atoms with E-state index in [1.54, 1.807) is 23.9 Å². The number of ketones is 1. The highest BCUT2D eigenvalue weighted by molar-refractivity contribution is 7.99. The molecule has 0 aromatic heterocycles. The predicted molar refractivity (Wildman–Crippen MR) is 109 cm³/mol. The molecular formula is C21H24O5S. The molecular weight excluding hydrogens is 364 g/mol. The highest BCUT2D eigenvalue weighted by Crippen LogP contribution is 2.45. The van der Waals surface area contributed by atoms with Gasteiger partial charge in [0.2, 0.25) is 0 Å². The van der Waals surface area contributed by atoms with Crippen molar-refractivity contribution in [3.05, 3.63) is 47.5 Å². The molecule has 0 bridgehead atoms. The number of thioether (sulfide) groups is 1. The van der Waals surface area contributed by atoms with Gasteiger partial charge in [-0.15, -0.1) is 11.8 Å². The van der Waals surface area contributed by atoms with Crippen LogP contribution < -0.4 is 18.9 Å². The largest absolute Gasteiger partial charge is 0.493 e.